The second-order valence-corrected chi connectivity index (χ2v) is 41.7. The summed E-state index contributed by atoms with van der Waals surface area (Å²) in [6, 6.07) is 110. The lowest BCUT2D eigenvalue weighted by atomic mass is 10.1. The quantitative estimate of drug-likeness (QED) is 0.159. The van der Waals surface area contributed by atoms with Crippen LogP contribution in [0.25, 0.3) is 221 Å². The van der Waals surface area contributed by atoms with Crippen LogP contribution in [0.5, 0.6) is 0 Å². The number of benzene rings is 15. The minimum Gasteiger partial charge on any atom is -0.308 e. The standard InChI is InChI=1S/3C38H28N2S2/c1-21-5-11-25(12-6-21)39-31-19-30-32(20-29(31)37-35(39)27-15-9-23(3)17-33(27)41-37)40(26-13-7-22(2)8-14-26)36-28-16-10-24(4)18-34(28)42-38(30)36;2*1-21-5-11-25(12-6-21)39-31-17-23(3)9-15-27(31)37-35(39)29-19-34-30(20-33(29)41-37)36-38(42-34)28-16-10-24(4)18-32(28)40(36)26-13-7-22(2)8-14-26/h3*5-20H,1-4H3. The highest BCUT2D eigenvalue weighted by Gasteiger charge is 2.29. The first-order chi connectivity index (χ1) is 61.3. The van der Waals surface area contributed by atoms with Crippen molar-refractivity contribution in [2.24, 2.45) is 0 Å². The van der Waals surface area contributed by atoms with E-state index in [1.807, 2.05) is 68.0 Å². The average Bonchev–Trinajstić information content (AvgIpc) is 1.53. The lowest BCUT2D eigenvalue weighted by molar-refractivity contribution is 1.18. The fourth-order valence-corrected chi connectivity index (χ4v) is 27.6. The van der Waals surface area contributed by atoms with Gasteiger partial charge < -0.3 is 27.4 Å². The molecular formula is C114H84N6S6. The van der Waals surface area contributed by atoms with Crippen molar-refractivity contribution in [1.82, 2.24) is 27.4 Å². The number of aryl methyl sites for hydroxylation is 12. The molecule has 0 amide bonds. The van der Waals surface area contributed by atoms with Crippen LogP contribution >= 0.6 is 68.0 Å². The molecule has 15 aromatic carbocycles. The summed E-state index contributed by atoms with van der Waals surface area (Å²) in [5.41, 5.74) is 38.3. The number of fused-ring (bicyclic) bond motifs is 30. The first-order valence-electron chi connectivity index (χ1n) is 43.3. The topological polar surface area (TPSA) is 29.6 Å². The fourth-order valence-electron chi connectivity index (χ4n) is 20.0. The lowest BCUT2D eigenvalue weighted by Crippen LogP contribution is -1.95. The molecule has 27 rings (SSSR count). The zero-order valence-corrected chi connectivity index (χ0v) is 76.7. The van der Waals surface area contributed by atoms with Crippen molar-refractivity contribution >= 4 is 255 Å². The van der Waals surface area contributed by atoms with Crippen LogP contribution in [0.3, 0.4) is 0 Å². The van der Waals surface area contributed by atoms with Crippen molar-refractivity contribution in [3.8, 4) is 34.1 Å². The molecular weight excluding hydrogens is 1650 g/mol. The Morgan fingerprint density at radius 1 is 0.135 bits per heavy atom. The van der Waals surface area contributed by atoms with Gasteiger partial charge in [-0.25, -0.2) is 0 Å². The van der Waals surface area contributed by atoms with Gasteiger partial charge in [-0.15, -0.1) is 68.0 Å². The van der Waals surface area contributed by atoms with Crippen molar-refractivity contribution in [2.45, 2.75) is 83.1 Å². The Balaban J connectivity index is 0.000000103. The number of thiophene rings is 6. The van der Waals surface area contributed by atoms with Gasteiger partial charge in [0.15, 0.2) is 0 Å². The summed E-state index contributed by atoms with van der Waals surface area (Å²) in [5, 5.41) is 15.9. The van der Waals surface area contributed by atoms with Crippen molar-refractivity contribution in [3.05, 3.63) is 358 Å². The molecule has 0 saturated heterocycles. The first kappa shape index (κ1) is 75.4. The zero-order chi connectivity index (χ0) is 84.8. The highest BCUT2D eigenvalue weighted by Crippen LogP contribution is 2.54. The van der Waals surface area contributed by atoms with Gasteiger partial charge in [0.25, 0.3) is 0 Å². The van der Waals surface area contributed by atoms with Crippen LogP contribution < -0.4 is 0 Å². The third-order valence-electron chi connectivity index (χ3n) is 26.3. The molecule has 0 saturated carbocycles. The van der Waals surface area contributed by atoms with Gasteiger partial charge in [-0.05, 0) is 262 Å². The Labute approximate surface area is 751 Å². The van der Waals surface area contributed by atoms with Crippen LogP contribution in [-0.4, -0.2) is 27.4 Å². The third-order valence-corrected chi connectivity index (χ3v) is 33.3. The normalized spacial score (nSPS) is 12.3. The molecule has 0 N–H and O–H groups in total. The van der Waals surface area contributed by atoms with E-state index < -0.39 is 0 Å². The van der Waals surface area contributed by atoms with E-state index in [0.717, 1.165) is 0 Å². The summed E-state index contributed by atoms with van der Waals surface area (Å²) in [6.07, 6.45) is 0. The minimum absolute atomic E-state index is 1.21. The molecule has 12 heteroatoms. The highest BCUT2D eigenvalue weighted by molar-refractivity contribution is 7.30. The Morgan fingerprint density at radius 2 is 0.294 bits per heavy atom. The number of hydrogen-bond donors (Lipinski definition) is 0. The van der Waals surface area contributed by atoms with Crippen LogP contribution in [0.2, 0.25) is 0 Å². The van der Waals surface area contributed by atoms with Crippen LogP contribution in [0.4, 0.5) is 0 Å². The van der Waals surface area contributed by atoms with E-state index in [9.17, 15) is 0 Å². The second-order valence-electron chi connectivity index (χ2n) is 35.4. The van der Waals surface area contributed by atoms with E-state index in [2.05, 4.69) is 402 Å². The number of nitrogens with zero attached hydrogens (tertiary/aromatic N) is 6. The number of hydrogen-bond acceptors (Lipinski definition) is 6. The number of aromatic nitrogens is 6. The summed E-state index contributed by atoms with van der Waals surface area (Å²) in [6.45, 7) is 26.1. The van der Waals surface area contributed by atoms with Crippen LogP contribution in [-0.2, 0) is 0 Å². The molecule has 0 unspecified atom stereocenters. The summed E-state index contributed by atoms with van der Waals surface area (Å²) >= 11 is 11.6. The van der Waals surface area contributed by atoms with Crippen molar-refractivity contribution in [3.63, 3.8) is 0 Å². The highest BCUT2D eigenvalue weighted by atomic mass is 32.1. The molecule has 0 fully saturated rings. The fraction of sp³-hybridized carbons (Fsp3) is 0.105. The molecule has 0 aliphatic carbocycles. The molecule has 0 bridgehead atoms. The van der Waals surface area contributed by atoms with E-state index in [-0.39, 0.29) is 0 Å². The van der Waals surface area contributed by atoms with E-state index in [1.165, 1.54) is 288 Å². The maximum absolute atomic E-state index is 2.50. The molecule has 12 aromatic heterocycles. The molecule has 0 aliphatic rings. The smallest absolute Gasteiger partial charge is 0.0728 e. The second kappa shape index (κ2) is 28.2. The largest absolute Gasteiger partial charge is 0.308 e. The summed E-state index contributed by atoms with van der Waals surface area (Å²) in [5.74, 6) is 0. The Kier molecular flexibility index (Phi) is 16.9. The van der Waals surface area contributed by atoms with Gasteiger partial charge in [0.05, 0.1) is 94.4 Å². The Morgan fingerprint density at radius 3 is 0.508 bits per heavy atom. The van der Waals surface area contributed by atoms with Crippen molar-refractivity contribution < 1.29 is 0 Å². The molecule has 606 valence electrons. The summed E-state index contributed by atoms with van der Waals surface area (Å²) in [4.78, 5) is 0. The average molecular weight is 1730 g/mol. The van der Waals surface area contributed by atoms with E-state index in [0.29, 0.717) is 0 Å². The molecule has 12 heterocycles. The predicted molar refractivity (Wildman–Crippen MR) is 555 cm³/mol. The van der Waals surface area contributed by atoms with Gasteiger partial charge >= 0.3 is 0 Å². The van der Waals surface area contributed by atoms with E-state index in [1.54, 1.807) is 0 Å². The zero-order valence-electron chi connectivity index (χ0n) is 71.8. The maximum atomic E-state index is 2.50. The van der Waals surface area contributed by atoms with Gasteiger partial charge in [-0.2, -0.15) is 0 Å². The summed E-state index contributed by atoms with van der Waals surface area (Å²) < 4.78 is 31.2. The lowest BCUT2D eigenvalue weighted by Gasteiger charge is -2.10. The maximum Gasteiger partial charge on any atom is 0.0728 e. The molecule has 0 aliphatic heterocycles. The molecule has 126 heavy (non-hydrogen) atoms. The van der Waals surface area contributed by atoms with E-state index >= 15 is 0 Å². The number of rotatable bonds is 6. The van der Waals surface area contributed by atoms with Gasteiger partial charge in [0.2, 0.25) is 0 Å². The predicted octanol–water partition coefficient (Wildman–Crippen LogP) is 34.6. The monoisotopic (exact) mass is 1730 g/mol. The first-order valence-corrected chi connectivity index (χ1v) is 48.2. The third kappa shape index (κ3) is 11.5. The van der Waals surface area contributed by atoms with Crippen LogP contribution in [0.1, 0.15) is 66.8 Å². The molecule has 6 nitrogen and oxygen atoms in total. The van der Waals surface area contributed by atoms with Gasteiger partial charge in [0, 0.05) is 127 Å². The van der Waals surface area contributed by atoms with Gasteiger partial charge in [-0.3, -0.25) is 0 Å². The Hall–Kier alpha value is -13.1. The summed E-state index contributed by atoms with van der Waals surface area (Å²) in [7, 11) is 0. The minimum atomic E-state index is 1.21. The molecule has 0 atom stereocenters. The van der Waals surface area contributed by atoms with Crippen molar-refractivity contribution in [2.75, 3.05) is 0 Å². The van der Waals surface area contributed by atoms with Gasteiger partial charge in [-0.1, -0.05) is 179 Å². The van der Waals surface area contributed by atoms with Crippen LogP contribution in [0, 0.1) is 83.1 Å². The van der Waals surface area contributed by atoms with Crippen LogP contribution in [0.15, 0.2) is 291 Å². The molecule has 0 spiro atoms. The van der Waals surface area contributed by atoms with Gasteiger partial charge in [0.1, 0.15) is 0 Å². The van der Waals surface area contributed by atoms with E-state index in [4.69, 9.17) is 0 Å². The molecule has 0 radical (unpaired) electrons. The SMILES string of the molecule is Cc1ccc(-n2c3cc(C)ccc3c3sc4cc5c(cc4c32)sc2c3ccc(C)cc3n(-c3ccc(C)cc3)c52)cc1.Cc1ccc(-n2c3cc(C)ccc3c3sc4cc5c(cc4c32)sc2c3ccc(C)cc3n(-c3ccc(C)cc3)c52)cc1.Cc1ccc(-n2c3cc4c5sc6cc(C)ccc6c5n(-c5ccc(C)cc5)c4cc3c3sc4cc(C)ccc4c32)cc1. The Bertz CT molecular complexity index is 8410. The molecule has 27 aromatic rings. The van der Waals surface area contributed by atoms with Crippen molar-refractivity contribution in [1.29, 1.82) is 0 Å².